The van der Waals surface area contributed by atoms with Crippen molar-refractivity contribution in [1.29, 1.82) is 0 Å². The van der Waals surface area contributed by atoms with Gasteiger partial charge in [0.25, 0.3) is 0 Å². The Labute approximate surface area is 332 Å². The molecule has 16 heteroatoms. The minimum Gasteiger partial charge on any atom is -0.490 e. The van der Waals surface area contributed by atoms with Crippen LogP contribution in [0.1, 0.15) is 65.2 Å². The Balaban J connectivity index is 0.000000247. The first kappa shape index (κ1) is 40.8. The van der Waals surface area contributed by atoms with Crippen LogP contribution in [0.15, 0.2) is 67.0 Å². The highest BCUT2D eigenvalue weighted by molar-refractivity contribution is 5.97. The number of para-hydroxylation sites is 3. The van der Waals surface area contributed by atoms with Gasteiger partial charge in [-0.15, -0.1) is 10.2 Å². The molecule has 1 saturated carbocycles. The number of hydrogen-bond donors (Lipinski definition) is 4. The third kappa shape index (κ3) is 10.7. The molecule has 6 N–H and O–H groups in total. The molecule has 0 bridgehead atoms. The van der Waals surface area contributed by atoms with Gasteiger partial charge in [0.15, 0.2) is 5.82 Å². The molecule has 2 aromatic carbocycles. The molecule has 1 unspecified atom stereocenters. The number of carbonyl (C=O) groups is 4. The van der Waals surface area contributed by atoms with Crippen molar-refractivity contribution < 1.29 is 28.7 Å². The van der Waals surface area contributed by atoms with Crippen molar-refractivity contribution in [2.75, 3.05) is 48.7 Å². The fourth-order valence-corrected chi connectivity index (χ4v) is 7.00. The second-order valence-electron chi connectivity index (χ2n) is 14.7. The fourth-order valence-electron chi connectivity index (χ4n) is 7.00. The van der Waals surface area contributed by atoms with Gasteiger partial charge in [-0.05, 0) is 55.5 Å². The van der Waals surface area contributed by atoms with Crippen LogP contribution in [0.4, 0.5) is 17.2 Å². The highest BCUT2D eigenvalue weighted by Crippen LogP contribution is 2.32. The van der Waals surface area contributed by atoms with E-state index in [1.54, 1.807) is 46.2 Å². The summed E-state index contributed by atoms with van der Waals surface area (Å²) >= 11 is 0. The molecule has 0 spiro atoms. The third-order valence-electron chi connectivity index (χ3n) is 10.3. The van der Waals surface area contributed by atoms with Gasteiger partial charge in [-0.1, -0.05) is 57.4 Å². The number of fused-ring (bicyclic) bond motifs is 1. The van der Waals surface area contributed by atoms with Crippen molar-refractivity contribution in [3.8, 4) is 28.4 Å². The molecule has 1 atom stereocenters. The maximum atomic E-state index is 13.1. The number of esters is 1. The Morgan fingerprint density at radius 2 is 1.68 bits per heavy atom. The van der Waals surface area contributed by atoms with Crippen molar-refractivity contribution in [1.82, 2.24) is 30.2 Å². The summed E-state index contributed by atoms with van der Waals surface area (Å²) in [5.74, 6) is 0.679. The third-order valence-corrected chi connectivity index (χ3v) is 10.3. The summed E-state index contributed by atoms with van der Waals surface area (Å²) in [7, 11) is 0. The number of nitrogens with zero attached hydrogens (tertiary/aromatic N) is 6. The van der Waals surface area contributed by atoms with Crippen LogP contribution in [0, 0.1) is 5.92 Å². The van der Waals surface area contributed by atoms with Crippen LogP contribution < -0.4 is 36.5 Å². The molecule has 4 aromatic rings. The Bertz CT molecular complexity index is 1990. The predicted octanol–water partition coefficient (Wildman–Crippen LogP) is 4.09. The molecule has 57 heavy (non-hydrogen) atoms. The van der Waals surface area contributed by atoms with Gasteiger partial charge < -0.3 is 31.2 Å². The lowest BCUT2D eigenvalue weighted by molar-refractivity contribution is -0.137. The lowest BCUT2D eigenvalue weighted by Crippen LogP contribution is -2.54. The van der Waals surface area contributed by atoms with E-state index in [9.17, 15) is 19.2 Å². The molecule has 1 aliphatic carbocycles. The second-order valence-corrected chi connectivity index (χ2v) is 14.7. The number of anilines is 3. The van der Waals surface area contributed by atoms with E-state index in [0.717, 1.165) is 31.1 Å². The molecule has 3 fully saturated rings. The summed E-state index contributed by atoms with van der Waals surface area (Å²) in [4.78, 5) is 50.4. The lowest BCUT2D eigenvalue weighted by atomic mass is 9.94. The van der Waals surface area contributed by atoms with Gasteiger partial charge in [0.1, 0.15) is 29.8 Å². The van der Waals surface area contributed by atoms with Crippen LogP contribution >= 0.6 is 0 Å². The number of ether oxygens (including phenoxy) is 2. The highest BCUT2D eigenvalue weighted by Gasteiger charge is 2.31. The average molecular weight is 781 g/mol. The van der Waals surface area contributed by atoms with E-state index in [1.165, 1.54) is 32.1 Å². The van der Waals surface area contributed by atoms with Gasteiger partial charge >= 0.3 is 5.97 Å². The van der Waals surface area contributed by atoms with Crippen molar-refractivity contribution in [3.05, 3.63) is 67.0 Å². The van der Waals surface area contributed by atoms with Crippen LogP contribution in [-0.4, -0.2) is 93.4 Å². The van der Waals surface area contributed by atoms with Gasteiger partial charge in [0.05, 0.1) is 36.0 Å². The summed E-state index contributed by atoms with van der Waals surface area (Å²) in [5.41, 5.74) is 15.5. The molecule has 3 amide bonds. The molecular formula is C41H52N10O6. The normalized spacial score (nSPS) is 17.8. The van der Waals surface area contributed by atoms with Crippen molar-refractivity contribution >= 4 is 40.9 Å². The fraction of sp³-hybridized carbons (Fsp3) is 0.439. The predicted molar refractivity (Wildman–Crippen MR) is 216 cm³/mol. The zero-order valence-corrected chi connectivity index (χ0v) is 32.6. The van der Waals surface area contributed by atoms with Gasteiger partial charge in [-0.2, -0.15) is 5.10 Å². The summed E-state index contributed by atoms with van der Waals surface area (Å²) in [5, 5.41) is 18.3. The van der Waals surface area contributed by atoms with Crippen LogP contribution in [0.5, 0.6) is 11.5 Å². The number of carbonyl (C=O) groups excluding carboxylic acids is 4. The molecule has 2 saturated heterocycles. The molecular weight excluding hydrogens is 729 g/mol. The number of benzene rings is 2. The first-order chi connectivity index (χ1) is 27.6. The van der Waals surface area contributed by atoms with Gasteiger partial charge in [-0.25, -0.2) is 9.48 Å². The first-order valence-electron chi connectivity index (χ1n) is 19.6. The monoisotopic (exact) mass is 780 g/mol. The zero-order chi connectivity index (χ0) is 40.3. The number of amides is 3. The summed E-state index contributed by atoms with van der Waals surface area (Å²) in [6.07, 6.45) is 11.3. The Morgan fingerprint density at radius 3 is 2.39 bits per heavy atom. The van der Waals surface area contributed by atoms with Crippen molar-refractivity contribution in [3.63, 3.8) is 0 Å². The Kier molecular flexibility index (Phi) is 13.8. The quantitative estimate of drug-likeness (QED) is 0.118. The molecule has 5 heterocycles. The van der Waals surface area contributed by atoms with E-state index >= 15 is 0 Å². The minimum atomic E-state index is -0.749. The van der Waals surface area contributed by atoms with Crippen molar-refractivity contribution in [2.45, 2.75) is 77.3 Å². The Hall–Kier alpha value is -5.87. The van der Waals surface area contributed by atoms with Crippen LogP contribution in [0.3, 0.4) is 0 Å². The van der Waals surface area contributed by atoms with E-state index in [2.05, 4.69) is 30.8 Å². The van der Waals surface area contributed by atoms with E-state index in [0.29, 0.717) is 66.8 Å². The number of nitrogen functional groups attached to an aromatic ring is 1. The second kappa shape index (κ2) is 19.3. The maximum Gasteiger partial charge on any atom is 0.328 e. The van der Waals surface area contributed by atoms with Crippen molar-refractivity contribution in [2.24, 2.45) is 11.7 Å². The standard InChI is InChI=1S/C28H36N8O3.C8H9NO.C5H7NO2/c1-18(2)26(29)28(38)39-24-11-7-6-10-21(24)22-14-23(27(30)33-32-22)36-16-20(15-31-36)35-13-12-34(17-25(35)37)19-8-4-3-5-9-19;1-2-4-8-7(3-1)9-5-6-10-8;7-4-2-1-3-5(8)6-4/h6-7,10-11,14-16,18-19,26H,3-5,8-9,12-13,17,29H2,1-2H3,(H2,30,33);1-4,9H,5-6H2;1-3H2,(H,6,7,8). The number of nitrogens with two attached hydrogens (primary N) is 2. The van der Waals surface area contributed by atoms with Gasteiger partial charge in [-0.3, -0.25) is 24.6 Å². The Morgan fingerprint density at radius 1 is 0.947 bits per heavy atom. The molecule has 302 valence electrons. The number of aromatic nitrogens is 4. The number of imide groups is 1. The van der Waals surface area contributed by atoms with E-state index in [4.69, 9.17) is 20.9 Å². The number of piperidine rings is 1. The topological polar surface area (TPSA) is 213 Å². The molecule has 0 radical (unpaired) electrons. The van der Waals surface area contributed by atoms with Crippen LogP contribution in [0.2, 0.25) is 0 Å². The average Bonchev–Trinajstić information content (AvgIpc) is 3.71. The van der Waals surface area contributed by atoms with Crippen LogP contribution in [-0.2, 0) is 19.2 Å². The maximum absolute atomic E-state index is 13.1. The number of piperazine rings is 1. The summed E-state index contributed by atoms with van der Waals surface area (Å²) in [6, 6.07) is 16.5. The molecule has 16 nitrogen and oxygen atoms in total. The number of rotatable bonds is 7. The minimum absolute atomic E-state index is 0.0660. The summed E-state index contributed by atoms with van der Waals surface area (Å²) in [6.45, 7) is 7.30. The molecule has 8 rings (SSSR count). The number of hydrogen-bond acceptors (Lipinski definition) is 13. The van der Waals surface area contributed by atoms with Crippen LogP contribution in [0.25, 0.3) is 16.9 Å². The molecule has 2 aromatic heterocycles. The number of nitrogens with one attached hydrogen (secondary N) is 2. The smallest absolute Gasteiger partial charge is 0.328 e. The summed E-state index contributed by atoms with van der Waals surface area (Å²) < 4.78 is 12.6. The lowest BCUT2D eigenvalue weighted by Gasteiger charge is -2.39. The molecule has 4 aliphatic rings. The van der Waals surface area contributed by atoms with Gasteiger partial charge in [0, 0.05) is 44.1 Å². The molecule has 3 aliphatic heterocycles. The van der Waals surface area contributed by atoms with Gasteiger partial charge in [0.2, 0.25) is 17.7 Å². The van der Waals surface area contributed by atoms with E-state index < -0.39 is 12.0 Å². The SMILES string of the molecule is CC(C)C(N)C(=O)Oc1ccccc1-c1cc(-n2cc(N3CCN(C4CCCCC4)CC3=O)cn2)c(N)nn1.O=C1CCCC(=O)N1.c1ccc2c(c1)NCCO2. The zero-order valence-electron chi connectivity index (χ0n) is 32.6. The highest BCUT2D eigenvalue weighted by atomic mass is 16.5. The first-order valence-corrected chi connectivity index (χ1v) is 19.6. The van der Waals surface area contributed by atoms with E-state index in [-0.39, 0.29) is 29.5 Å². The largest absolute Gasteiger partial charge is 0.490 e. The van der Waals surface area contributed by atoms with E-state index in [1.807, 2.05) is 44.2 Å².